The van der Waals surface area contributed by atoms with Crippen molar-refractivity contribution >= 4 is 52.3 Å². The standard InChI is InChI=1S/C18H18N2O5S3/c1-11(2)28(24,25)14-6-4-5-12(9-14)17(21)20-18-19-15-8-7-13(27(3,22)23)10-16(15)26-18/h4-11H,1-3H3,(H,19,20,21). The smallest absolute Gasteiger partial charge is 0.257 e. The number of carbonyl (C=O) groups excluding carboxylic acids is 1. The number of carbonyl (C=O) groups is 1. The van der Waals surface area contributed by atoms with Crippen LogP contribution in [0.4, 0.5) is 5.13 Å². The second kappa shape index (κ2) is 7.26. The van der Waals surface area contributed by atoms with E-state index in [0.717, 1.165) is 17.6 Å². The van der Waals surface area contributed by atoms with Crippen LogP contribution in [0.3, 0.4) is 0 Å². The van der Waals surface area contributed by atoms with Crippen molar-refractivity contribution in [2.45, 2.75) is 28.9 Å². The van der Waals surface area contributed by atoms with Gasteiger partial charge in [-0.15, -0.1) is 0 Å². The lowest BCUT2D eigenvalue weighted by atomic mass is 10.2. The SMILES string of the molecule is CC(C)S(=O)(=O)c1cccc(C(=O)Nc2nc3ccc(S(C)(=O)=O)cc3s2)c1. The highest BCUT2D eigenvalue weighted by molar-refractivity contribution is 7.92. The highest BCUT2D eigenvalue weighted by Crippen LogP contribution is 2.28. The van der Waals surface area contributed by atoms with Crippen molar-refractivity contribution in [2.75, 3.05) is 11.6 Å². The van der Waals surface area contributed by atoms with Gasteiger partial charge in [0.2, 0.25) is 0 Å². The monoisotopic (exact) mass is 438 g/mol. The van der Waals surface area contributed by atoms with Gasteiger partial charge in [-0.1, -0.05) is 17.4 Å². The lowest BCUT2D eigenvalue weighted by Crippen LogP contribution is -2.16. The molecule has 0 unspecified atom stereocenters. The van der Waals surface area contributed by atoms with Crippen molar-refractivity contribution in [3.05, 3.63) is 48.0 Å². The molecule has 7 nitrogen and oxygen atoms in total. The van der Waals surface area contributed by atoms with Crippen molar-refractivity contribution in [3.63, 3.8) is 0 Å². The highest BCUT2D eigenvalue weighted by atomic mass is 32.2. The summed E-state index contributed by atoms with van der Waals surface area (Å²) in [6.07, 6.45) is 1.12. The fraction of sp³-hybridized carbons (Fsp3) is 0.222. The zero-order valence-corrected chi connectivity index (χ0v) is 17.8. The Morgan fingerprint density at radius 1 is 1.04 bits per heavy atom. The Bertz CT molecular complexity index is 1280. The zero-order chi connectivity index (χ0) is 20.7. The van der Waals surface area contributed by atoms with Gasteiger partial charge in [0.15, 0.2) is 24.8 Å². The van der Waals surface area contributed by atoms with Crippen molar-refractivity contribution < 1.29 is 21.6 Å². The van der Waals surface area contributed by atoms with Gasteiger partial charge in [-0.05, 0) is 50.2 Å². The first-order valence-electron chi connectivity index (χ1n) is 8.24. The van der Waals surface area contributed by atoms with Crippen LogP contribution in [0.1, 0.15) is 24.2 Å². The van der Waals surface area contributed by atoms with Crippen LogP contribution < -0.4 is 5.32 Å². The van der Waals surface area contributed by atoms with E-state index >= 15 is 0 Å². The maximum Gasteiger partial charge on any atom is 0.257 e. The number of rotatable bonds is 5. The first-order valence-corrected chi connectivity index (χ1v) is 12.5. The maximum atomic E-state index is 12.5. The van der Waals surface area contributed by atoms with Crippen LogP contribution in [-0.4, -0.2) is 39.2 Å². The maximum absolute atomic E-state index is 12.5. The van der Waals surface area contributed by atoms with Crippen molar-refractivity contribution in [2.24, 2.45) is 0 Å². The molecule has 1 aromatic heterocycles. The lowest BCUT2D eigenvalue weighted by molar-refractivity contribution is 0.102. The Kier molecular flexibility index (Phi) is 5.30. The highest BCUT2D eigenvalue weighted by Gasteiger charge is 2.21. The van der Waals surface area contributed by atoms with Crippen LogP contribution in [0.25, 0.3) is 10.2 Å². The summed E-state index contributed by atoms with van der Waals surface area (Å²) in [5.74, 6) is -0.497. The molecule has 0 fully saturated rings. The fourth-order valence-corrected chi connectivity index (χ4v) is 5.17. The van der Waals surface area contributed by atoms with Gasteiger partial charge >= 0.3 is 0 Å². The second-order valence-corrected chi connectivity index (χ2v) is 12.0. The minimum Gasteiger partial charge on any atom is -0.298 e. The number of aromatic nitrogens is 1. The molecule has 28 heavy (non-hydrogen) atoms. The quantitative estimate of drug-likeness (QED) is 0.655. The molecule has 1 heterocycles. The number of benzene rings is 2. The third-order valence-corrected chi connectivity index (χ3v) is 8.25. The summed E-state index contributed by atoms with van der Waals surface area (Å²) in [6.45, 7) is 3.15. The zero-order valence-electron chi connectivity index (χ0n) is 15.3. The number of thiazole rings is 1. The molecule has 0 aliphatic carbocycles. The van der Waals surface area contributed by atoms with E-state index in [2.05, 4.69) is 10.3 Å². The normalized spacial score (nSPS) is 12.4. The molecule has 1 N–H and O–H groups in total. The van der Waals surface area contributed by atoms with Gasteiger partial charge in [0.25, 0.3) is 5.91 Å². The molecule has 0 radical (unpaired) electrons. The number of fused-ring (bicyclic) bond motifs is 1. The van der Waals surface area contributed by atoms with Crippen LogP contribution in [0.5, 0.6) is 0 Å². The topological polar surface area (TPSA) is 110 Å². The average molecular weight is 439 g/mol. The Labute approximate surface area is 167 Å². The van der Waals surface area contributed by atoms with E-state index in [1.807, 2.05) is 0 Å². The average Bonchev–Trinajstić information content (AvgIpc) is 3.02. The van der Waals surface area contributed by atoms with Gasteiger partial charge in [0.1, 0.15) is 0 Å². The molecule has 0 aliphatic rings. The van der Waals surface area contributed by atoms with Crippen LogP contribution in [0.2, 0.25) is 0 Å². The van der Waals surface area contributed by atoms with E-state index in [9.17, 15) is 21.6 Å². The molecule has 3 rings (SSSR count). The van der Waals surface area contributed by atoms with E-state index in [-0.39, 0.29) is 15.4 Å². The summed E-state index contributed by atoms with van der Waals surface area (Å²) < 4.78 is 48.6. The third kappa shape index (κ3) is 4.08. The fourth-order valence-electron chi connectivity index (χ4n) is 2.44. The van der Waals surface area contributed by atoms with Crippen molar-refractivity contribution in [1.82, 2.24) is 4.98 Å². The molecule has 0 saturated carbocycles. The molecule has 0 aliphatic heterocycles. The predicted molar refractivity (Wildman–Crippen MR) is 109 cm³/mol. The van der Waals surface area contributed by atoms with Gasteiger partial charge in [0, 0.05) is 11.8 Å². The number of sulfone groups is 2. The number of nitrogens with zero attached hydrogens (tertiary/aromatic N) is 1. The number of hydrogen-bond acceptors (Lipinski definition) is 7. The number of anilines is 1. The molecule has 0 spiro atoms. The van der Waals surface area contributed by atoms with Crippen LogP contribution in [0, 0.1) is 0 Å². The number of nitrogens with one attached hydrogen (secondary N) is 1. The first kappa shape index (κ1) is 20.4. The van der Waals surface area contributed by atoms with Crippen LogP contribution >= 0.6 is 11.3 Å². The number of hydrogen-bond donors (Lipinski definition) is 1. The second-order valence-electron chi connectivity index (χ2n) is 6.50. The first-order chi connectivity index (χ1) is 13.0. The molecule has 0 atom stereocenters. The minimum atomic E-state index is -3.49. The summed E-state index contributed by atoms with van der Waals surface area (Å²) in [7, 11) is -6.84. The largest absolute Gasteiger partial charge is 0.298 e. The summed E-state index contributed by atoms with van der Waals surface area (Å²) in [5.41, 5.74) is 0.752. The molecular weight excluding hydrogens is 420 g/mol. The van der Waals surface area contributed by atoms with Gasteiger partial charge in [-0.2, -0.15) is 0 Å². The van der Waals surface area contributed by atoms with Crippen LogP contribution in [0.15, 0.2) is 52.3 Å². The molecule has 148 valence electrons. The van der Waals surface area contributed by atoms with Crippen molar-refractivity contribution in [3.8, 4) is 0 Å². The van der Waals surface area contributed by atoms with E-state index < -0.39 is 30.8 Å². The Morgan fingerprint density at radius 3 is 2.39 bits per heavy atom. The van der Waals surface area contributed by atoms with Crippen LogP contribution in [-0.2, 0) is 19.7 Å². The summed E-state index contributed by atoms with van der Waals surface area (Å²) in [6, 6.07) is 10.4. The summed E-state index contributed by atoms with van der Waals surface area (Å²) >= 11 is 1.14. The lowest BCUT2D eigenvalue weighted by Gasteiger charge is -2.09. The van der Waals surface area contributed by atoms with E-state index in [0.29, 0.717) is 15.3 Å². The molecular formula is C18H18N2O5S3. The Balaban J connectivity index is 1.89. The van der Waals surface area contributed by atoms with Gasteiger partial charge in [-0.3, -0.25) is 10.1 Å². The molecule has 0 saturated heterocycles. The van der Waals surface area contributed by atoms with Crippen molar-refractivity contribution in [1.29, 1.82) is 0 Å². The Hall–Kier alpha value is -2.30. The van der Waals surface area contributed by atoms with Gasteiger partial charge < -0.3 is 0 Å². The predicted octanol–water partition coefficient (Wildman–Crippen LogP) is 3.13. The van der Waals surface area contributed by atoms with E-state index in [1.165, 1.54) is 36.4 Å². The summed E-state index contributed by atoms with van der Waals surface area (Å²) in [5, 5.41) is 2.33. The minimum absolute atomic E-state index is 0.0808. The molecule has 0 bridgehead atoms. The molecule has 2 aromatic carbocycles. The van der Waals surface area contributed by atoms with Gasteiger partial charge in [-0.25, -0.2) is 21.8 Å². The van der Waals surface area contributed by atoms with E-state index in [4.69, 9.17) is 0 Å². The summed E-state index contributed by atoms with van der Waals surface area (Å²) in [4.78, 5) is 17.1. The van der Waals surface area contributed by atoms with Gasteiger partial charge in [0.05, 0.1) is 25.3 Å². The number of amides is 1. The van der Waals surface area contributed by atoms with E-state index in [1.54, 1.807) is 19.9 Å². The molecule has 10 heteroatoms. The third-order valence-electron chi connectivity index (χ3n) is 4.05. The Morgan fingerprint density at radius 2 is 1.75 bits per heavy atom. The molecule has 3 aromatic rings. The molecule has 1 amide bonds.